The molecule has 1 aliphatic rings. The Morgan fingerprint density at radius 3 is 2.24 bits per heavy atom. The van der Waals surface area contributed by atoms with Gasteiger partial charge in [0.25, 0.3) is 0 Å². The molecule has 0 heterocycles. The third kappa shape index (κ3) is 5.48. The molecule has 2 rings (SSSR count). The lowest BCUT2D eigenvalue weighted by Gasteiger charge is -2.36. The fourth-order valence-electron chi connectivity index (χ4n) is 3.61. The first-order valence-electron chi connectivity index (χ1n) is 9.22. The SMILES string of the molecule is CC(C)N(C(=O)OCc1ccccc1)C(C(=O)O)C1CCCCCC1. The van der Waals surface area contributed by atoms with Crippen LogP contribution < -0.4 is 0 Å². The van der Waals surface area contributed by atoms with Gasteiger partial charge in [0.15, 0.2) is 0 Å². The van der Waals surface area contributed by atoms with E-state index in [2.05, 4.69) is 0 Å². The lowest BCUT2D eigenvalue weighted by Crippen LogP contribution is -2.52. The summed E-state index contributed by atoms with van der Waals surface area (Å²) < 4.78 is 5.43. The third-order valence-corrected chi connectivity index (χ3v) is 4.87. The molecule has 1 atom stereocenters. The Kier molecular flexibility index (Phi) is 7.29. The van der Waals surface area contributed by atoms with Gasteiger partial charge >= 0.3 is 12.1 Å². The van der Waals surface area contributed by atoms with Crippen molar-refractivity contribution in [2.75, 3.05) is 0 Å². The Morgan fingerprint density at radius 2 is 1.72 bits per heavy atom. The van der Waals surface area contributed by atoms with E-state index in [1.165, 1.54) is 4.90 Å². The van der Waals surface area contributed by atoms with Gasteiger partial charge in [-0.05, 0) is 38.2 Å². The van der Waals surface area contributed by atoms with Crippen LogP contribution >= 0.6 is 0 Å². The molecular formula is C20H29NO4. The van der Waals surface area contributed by atoms with Crippen molar-refractivity contribution in [1.29, 1.82) is 0 Å². The summed E-state index contributed by atoms with van der Waals surface area (Å²) in [4.78, 5) is 26.1. The van der Waals surface area contributed by atoms with E-state index in [0.717, 1.165) is 44.1 Å². The molecule has 0 aliphatic heterocycles. The zero-order valence-electron chi connectivity index (χ0n) is 15.2. The number of aliphatic carboxylic acids is 1. The van der Waals surface area contributed by atoms with Crippen molar-refractivity contribution in [2.24, 2.45) is 5.92 Å². The predicted molar refractivity (Wildman–Crippen MR) is 96.2 cm³/mol. The molecule has 138 valence electrons. The van der Waals surface area contributed by atoms with E-state index in [9.17, 15) is 14.7 Å². The van der Waals surface area contributed by atoms with Crippen LogP contribution in [0.5, 0.6) is 0 Å². The molecule has 0 saturated heterocycles. The third-order valence-electron chi connectivity index (χ3n) is 4.87. The highest BCUT2D eigenvalue weighted by Crippen LogP contribution is 2.30. The number of benzene rings is 1. The van der Waals surface area contributed by atoms with Crippen LogP contribution in [0.25, 0.3) is 0 Å². The van der Waals surface area contributed by atoms with Crippen LogP contribution in [0.4, 0.5) is 4.79 Å². The smallest absolute Gasteiger partial charge is 0.411 e. The molecule has 0 bridgehead atoms. The highest BCUT2D eigenvalue weighted by atomic mass is 16.6. The summed E-state index contributed by atoms with van der Waals surface area (Å²) in [5.41, 5.74) is 0.890. The topological polar surface area (TPSA) is 66.8 Å². The fraction of sp³-hybridized carbons (Fsp3) is 0.600. The second-order valence-corrected chi connectivity index (χ2v) is 7.08. The average Bonchev–Trinajstić information content (AvgIpc) is 2.86. The molecule has 0 radical (unpaired) electrons. The van der Waals surface area contributed by atoms with Crippen LogP contribution in [0.1, 0.15) is 57.9 Å². The quantitative estimate of drug-likeness (QED) is 0.772. The molecule has 1 aromatic carbocycles. The lowest BCUT2D eigenvalue weighted by molar-refractivity contribution is -0.146. The van der Waals surface area contributed by atoms with Crippen LogP contribution in [0, 0.1) is 5.92 Å². The highest BCUT2D eigenvalue weighted by Gasteiger charge is 2.38. The highest BCUT2D eigenvalue weighted by molar-refractivity contribution is 5.80. The van der Waals surface area contributed by atoms with E-state index in [4.69, 9.17) is 4.74 Å². The van der Waals surface area contributed by atoms with E-state index in [1.54, 1.807) is 0 Å². The molecule has 1 fully saturated rings. The summed E-state index contributed by atoms with van der Waals surface area (Å²) in [6.07, 6.45) is 5.50. The summed E-state index contributed by atoms with van der Waals surface area (Å²) in [5.74, 6) is -0.941. The van der Waals surface area contributed by atoms with Crippen LogP contribution in [-0.2, 0) is 16.1 Å². The summed E-state index contributed by atoms with van der Waals surface area (Å²) in [6.45, 7) is 3.84. The fourth-order valence-corrected chi connectivity index (χ4v) is 3.61. The van der Waals surface area contributed by atoms with Gasteiger partial charge < -0.3 is 9.84 Å². The van der Waals surface area contributed by atoms with Crippen molar-refractivity contribution in [3.8, 4) is 0 Å². The maximum atomic E-state index is 12.7. The maximum Gasteiger partial charge on any atom is 0.411 e. The number of ether oxygens (including phenoxy) is 1. The first-order valence-corrected chi connectivity index (χ1v) is 9.22. The first kappa shape index (κ1) is 19.3. The number of hydrogen-bond donors (Lipinski definition) is 1. The van der Waals surface area contributed by atoms with Gasteiger partial charge in [0.05, 0.1) is 0 Å². The zero-order valence-corrected chi connectivity index (χ0v) is 15.2. The number of carbonyl (C=O) groups excluding carboxylic acids is 1. The van der Waals surface area contributed by atoms with Crippen molar-refractivity contribution in [3.05, 3.63) is 35.9 Å². The van der Waals surface area contributed by atoms with E-state index < -0.39 is 18.1 Å². The summed E-state index contributed by atoms with van der Waals surface area (Å²) in [6, 6.07) is 8.39. The minimum Gasteiger partial charge on any atom is -0.480 e. The lowest BCUT2D eigenvalue weighted by atomic mass is 9.90. The maximum absolute atomic E-state index is 12.7. The molecule has 5 heteroatoms. The number of hydrogen-bond acceptors (Lipinski definition) is 3. The molecule has 1 aliphatic carbocycles. The van der Waals surface area contributed by atoms with Crippen molar-refractivity contribution in [2.45, 2.75) is 71.1 Å². The number of rotatable bonds is 6. The Hall–Kier alpha value is -2.04. The Morgan fingerprint density at radius 1 is 1.12 bits per heavy atom. The largest absolute Gasteiger partial charge is 0.480 e. The summed E-state index contributed by atoms with van der Waals surface area (Å²) >= 11 is 0. The molecule has 1 amide bonds. The van der Waals surface area contributed by atoms with Crippen LogP contribution in [0.15, 0.2) is 30.3 Å². The average molecular weight is 347 g/mol. The molecule has 1 N–H and O–H groups in total. The summed E-state index contributed by atoms with van der Waals surface area (Å²) in [5, 5.41) is 9.82. The molecular weight excluding hydrogens is 318 g/mol. The van der Waals surface area contributed by atoms with E-state index in [0.29, 0.717) is 0 Å². The molecule has 0 aromatic heterocycles. The van der Waals surface area contributed by atoms with Crippen LogP contribution in [-0.4, -0.2) is 34.2 Å². The number of carbonyl (C=O) groups is 2. The van der Waals surface area contributed by atoms with Crippen molar-refractivity contribution < 1.29 is 19.4 Å². The van der Waals surface area contributed by atoms with Crippen LogP contribution in [0.3, 0.4) is 0 Å². The second kappa shape index (κ2) is 9.44. The van der Waals surface area contributed by atoms with Crippen molar-refractivity contribution in [1.82, 2.24) is 4.90 Å². The number of nitrogens with zero attached hydrogens (tertiary/aromatic N) is 1. The predicted octanol–water partition coefficient (Wildman–Crippen LogP) is 4.46. The molecule has 25 heavy (non-hydrogen) atoms. The number of carboxylic acid groups (broad SMARTS) is 1. The number of carboxylic acids is 1. The molecule has 1 aromatic rings. The van der Waals surface area contributed by atoms with Crippen LogP contribution in [0.2, 0.25) is 0 Å². The van der Waals surface area contributed by atoms with Gasteiger partial charge in [-0.25, -0.2) is 9.59 Å². The monoisotopic (exact) mass is 347 g/mol. The normalized spacial score (nSPS) is 16.9. The Balaban J connectivity index is 2.11. The van der Waals surface area contributed by atoms with Crippen molar-refractivity contribution >= 4 is 12.1 Å². The second-order valence-electron chi connectivity index (χ2n) is 7.08. The Labute approximate surface area is 150 Å². The van der Waals surface area contributed by atoms with E-state index in [-0.39, 0.29) is 18.6 Å². The van der Waals surface area contributed by atoms with Gasteiger partial charge in [-0.15, -0.1) is 0 Å². The van der Waals surface area contributed by atoms with E-state index >= 15 is 0 Å². The first-order chi connectivity index (χ1) is 12.0. The van der Waals surface area contributed by atoms with Gasteiger partial charge in [0.2, 0.25) is 0 Å². The van der Waals surface area contributed by atoms with Crippen molar-refractivity contribution in [3.63, 3.8) is 0 Å². The molecule has 1 unspecified atom stereocenters. The van der Waals surface area contributed by atoms with E-state index in [1.807, 2.05) is 44.2 Å². The molecule has 1 saturated carbocycles. The Bertz CT molecular complexity index is 550. The minimum absolute atomic E-state index is 0.00771. The zero-order chi connectivity index (χ0) is 18.2. The van der Waals surface area contributed by atoms with Gasteiger partial charge in [0, 0.05) is 6.04 Å². The van der Waals surface area contributed by atoms with Gasteiger partial charge in [-0.1, -0.05) is 56.0 Å². The molecule has 0 spiro atoms. The minimum atomic E-state index is -0.933. The number of amides is 1. The van der Waals surface area contributed by atoms with Gasteiger partial charge in [-0.2, -0.15) is 0 Å². The summed E-state index contributed by atoms with van der Waals surface area (Å²) in [7, 11) is 0. The molecule has 5 nitrogen and oxygen atoms in total. The van der Waals surface area contributed by atoms with Gasteiger partial charge in [0.1, 0.15) is 12.6 Å². The standard InChI is InChI=1S/C20H29NO4/c1-15(2)21(20(24)25-14-16-10-6-5-7-11-16)18(19(22)23)17-12-8-3-4-9-13-17/h5-7,10-11,15,17-18H,3-4,8-9,12-14H2,1-2H3,(H,22,23). The van der Waals surface area contributed by atoms with Gasteiger partial charge in [-0.3, -0.25) is 4.90 Å².